The minimum atomic E-state index is -0.891. The average molecular weight is 270 g/mol. The van der Waals surface area contributed by atoms with E-state index in [9.17, 15) is 9.90 Å². The molecule has 0 aromatic heterocycles. The van der Waals surface area contributed by atoms with Crippen LogP contribution in [-0.4, -0.2) is 23.8 Å². The lowest BCUT2D eigenvalue weighted by Gasteiger charge is -2.48. The lowest BCUT2D eigenvalue weighted by Crippen LogP contribution is -2.52. The summed E-state index contributed by atoms with van der Waals surface area (Å²) in [4.78, 5) is 12.0. The molecule has 3 atom stereocenters. The van der Waals surface area contributed by atoms with Crippen molar-refractivity contribution in [2.45, 2.75) is 71.8 Å². The van der Waals surface area contributed by atoms with Gasteiger partial charge in [-0.05, 0) is 37.0 Å². The number of aliphatic hydroxyl groups is 1. The predicted molar refractivity (Wildman–Crippen MR) is 76.8 cm³/mol. The van der Waals surface area contributed by atoms with Gasteiger partial charge < -0.3 is 9.84 Å². The van der Waals surface area contributed by atoms with E-state index in [-0.39, 0.29) is 23.2 Å². The maximum atomic E-state index is 12.0. The van der Waals surface area contributed by atoms with E-state index in [4.69, 9.17) is 4.74 Å². The molecule has 3 unspecified atom stereocenters. The molecule has 112 valence electrons. The number of unbranched alkanes of at least 4 members (excludes halogenated alkanes) is 1. The van der Waals surface area contributed by atoms with Crippen LogP contribution in [0.15, 0.2) is 0 Å². The van der Waals surface area contributed by atoms with Crippen molar-refractivity contribution in [3.05, 3.63) is 0 Å². The number of hydrogen-bond acceptors (Lipinski definition) is 3. The molecule has 1 aliphatic rings. The number of carbonyl (C=O) groups is 1. The Morgan fingerprint density at radius 1 is 1.42 bits per heavy atom. The molecule has 0 bridgehead atoms. The highest BCUT2D eigenvalue weighted by Crippen LogP contribution is 2.48. The Bertz CT molecular complexity index is 311. The van der Waals surface area contributed by atoms with E-state index in [1.807, 2.05) is 0 Å². The zero-order chi connectivity index (χ0) is 14.7. The third kappa shape index (κ3) is 3.71. The smallest absolute Gasteiger partial charge is 0.311 e. The summed E-state index contributed by atoms with van der Waals surface area (Å²) in [5.41, 5.74) is -0.630. The minimum Gasteiger partial charge on any atom is -0.469 e. The molecule has 1 fully saturated rings. The topological polar surface area (TPSA) is 46.5 Å². The molecule has 19 heavy (non-hydrogen) atoms. The van der Waals surface area contributed by atoms with Crippen molar-refractivity contribution in [2.24, 2.45) is 17.3 Å². The molecular weight excluding hydrogens is 240 g/mol. The molecule has 0 aliphatic heterocycles. The molecule has 1 saturated carbocycles. The van der Waals surface area contributed by atoms with Crippen molar-refractivity contribution in [2.75, 3.05) is 7.11 Å². The van der Waals surface area contributed by atoms with Crippen LogP contribution in [0.5, 0.6) is 0 Å². The fraction of sp³-hybridized carbons (Fsp3) is 0.938. The number of rotatable bonds is 5. The van der Waals surface area contributed by atoms with Gasteiger partial charge in [0.05, 0.1) is 18.6 Å². The van der Waals surface area contributed by atoms with Crippen molar-refractivity contribution in [1.82, 2.24) is 0 Å². The molecule has 0 amide bonds. The van der Waals surface area contributed by atoms with Crippen molar-refractivity contribution < 1.29 is 14.6 Å². The first-order chi connectivity index (χ1) is 8.77. The number of hydrogen-bond donors (Lipinski definition) is 1. The van der Waals surface area contributed by atoms with Gasteiger partial charge in [0.1, 0.15) is 0 Å². The normalized spacial score (nSPS) is 31.8. The summed E-state index contributed by atoms with van der Waals surface area (Å²) in [6.07, 6.45) is 5.34. The standard InChI is InChI=1S/C16H30O3/c1-6-7-8-13(14(17)19-5)16(18)10-9-15(3,4)11-12(16)2/h12-13,18H,6-11H2,1-5H3. The van der Waals surface area contributed by atoms with Gasteiger partial charge in [0.2, 0.25) is 0 Å². The molecule has 1 N–H and O–H groups in total. The van der Waals surface area contributed by atoms with Crippen LogP contribution in [0.2, 0.25) is 0 Å². The summed E-state index contributed by atoms with van der Waals surface area (Å²) in [5, 5.41) is 11.1. The lowest BCUT2D eigenvalue weighted by atomic mass is 9.61. The molecule has 3 nitrogen and oxygen atoms in total. The van der Waals surface area contributed by atoms with Crippen molar-refractivity contribution in [3.8, 4) is 0 Å². The van der Waals surface area contributed by atoms with Gasteiger partial charge in [-0.25, -0.2) is 0 Å². The number of methoxy groups -OCH3 is 1. The van der Waals surface area contributed by atoms with E-state index < -0.39 is 5.60 Å². The van der Waals surface area contributed by atoms with E-state index in [1.165, 1.54) is 7.11 Å². The highest BCUT2D eigenvalue weighted by atomic mass is 16.5. The van der Waals surface area contributed by atoms with Crippen molar-refractivity contribution >= 4 is 5.97 Å². The van der Waals surface area contributed by atoms with Gasteiger partial charge in [-0.3, -0.25) is 4.79 Å². The number of esters is 1. The third-order valence-electron chi connectivity index (χ3n) is 4.85. The maximum absolute atomic E-state index is 12.0. The Kier molecular flexibility index (Phi) is 5.43. The Balaban J connectivity index is 2.89. The fourth-order valence-electron chi connectivity index (χ4n) is 3.53. The first-order valence-corrected chi connectivity index (χ1v) is 7.57. The summed E-state index contributed by atoms with van der Waals surface area (Å²) in [7, 11) is 1.42. The molecule has 0 saturated heterocycles. The SMILES string of the molecule is CCCCC(C(=O)OC)C1(O)CCC(C)(C)CC1C. The highest BCUT2D eigenvalue weighted by molar-refractivity contribution is 5.73. The van der Waals surface area contributed by atoms with Gasteiger partial charge in [0, 0.05) is 0 Å². The summed E-state index contributed by atoms with van der Waals surface area (Å²) in [5.74, 6) is -0.483. The molecule has 0 spiro atoms. The summed E-state index contributed by atoms with van der Waals surface area (Å²) >= 11 is 0. The highest BCUT2D eigenvalue weighted by Gasteiger charge is 2.50. The molecule has 0 radical (unpaired) electrons. The van der Waals surface area contributed by atoms with E-state index >= 15 is 0 Å². The van der Waals surface area contributed by atoms with Crippen LogP contribution < -0.4 is 0 Å². The van der Waals surface area contributed by atoms with Gasteiger partial charge >= 0.3 is 5.97 Å². The first kappa shape index (κ1) is 16.5. The van der Waals surface area contributed by atoms with Crippen LogP contribution in [0.4, 0.5) is 0 Å². The quantitative estimate of drug-likeness (QED) is 0.777. The summed E-state index contributed by atoms with van der Waals surface area (Å²) in [6.45, 7) is 8.65. The van der Waals surface area contributed by atoms with Crippen molar-refractivity contribution in [1.29, 1.82) is 0 Å². The number of ether oxygens (including phenoxy) is 1. The van der Waals surface area contributed by atoms with Gasteiger partial charge in [0.25, 0.3) is 0 Å². The summed E-state index contributed by atoms with van der Waals surface area (Å²) < 4.78 is 4.93. The Labute approximate surface area is 117 Å². The molecule has 0 aromatic carbocycles. The van der Waals surface area contributed by atoms with Crippen LogP contribution in [0.1, 0.15) is 66.2 Å². The van der Waals surface area contributed by atoms with E-state index in [1.54, 1.807) is 0 Å². The zero-order valence-electron chi connectivity index (χ0n) is 13.2. The second kappa shape index (κ2) is 6.25. The monoisotopic (exact) mass is 270 g/mol. The minimum absolute atomic E-state index is 0.136. The molecule has 3 heteroatoms. The van der Waals surface area contributed by atoms with Gasteiger partial charge in [-0.1, -0.05) is 40.5 Å². The summed E-state index contributed by atoms with van der Waals surface area (Å²) in [6, 6.07) is 0. The maximum Gasteiger partial charge on any atom is 0.311 e. The predicted octanol–water partition coefficient (Wildman–Crippen LogP) is 3.54. The van der Waals surface area contributed by atoms with Gasteiger partial charge in [-0.15, -0.1) is 0 Å². The van der Waals surface area contributed by atoms with Crippen LogP contribution in [0.3, 0.4) is 0 Å². The van der Waals surface area contributed by atoms with E-state index in [0.717, 1.165) is 32.1 Å². The molecular formula is C16H30O3. The largest absolute Gasteiger partial charge is 0.469 e. The molecule has 0 aromatic rings. The van der Waals surface area contributed by atoms with Crippen LogP contribution in [0, 0.1) is 17.3 Å². The zero-order valence-corrected chi connectivity index (χ0v) is 13.2. The van der Waals surface area contributed by atoms with Crippen LogP contribution >= 0.6 is 0 Å². The Hall–Kier alpha value is -0.570. The van der Waals surface area contributed by atoms with E-state index in [2.05, 4.69) is 27.7 Å². The molecule has 1 rings (SSSR count). The first-order valence-electron chi connectivity index (χ1n) is 7.57. The van der Waals surface area contributed by atoms with Crippen LogP contribution in [-0.2, 0) is 9.53 Å². The Morgan fingerprint density at radius 2 is 2.05 bits per heavy atom. The van der Waals surface area contributed by atoms with Gasteiger partial charge in [0.15, 0.2) is 0 Å². The van der Waals surface area contributed by atoms with E-state index in [0.29, 0.717) is 6.42 Å². The fourth-order valence-corrected chi connectivity index (χ4v) is 3.53. The molecule has 1 aliphatic carbocycles. The second-order valence-corrected chi connectivity index (χ2v) is 6.98. The second-order valence-electron chi connectivity index (χ2n) is 6.98. The van der Waals surface area contributed by atoms with Crippen LogP contribution in [0.25, 0.3) is 0 Å². The third-order valence-corrected chi connectivity index (χ3v) is 4.85. The lowest BCUT2D eigenvalue weighted by molar-refractivity contribution is -0.169. The molecule has 0 heterocycles. The number of carbonyl (C=O) groups excluding carboxylic acids is 1. The average Bonchev–Trinajstić information content (AvgIpc) is 2.34. The van der Waals surface area contributed by atoms with Crippen molar-refractivity contribution in [3.63, 3.8) is 0 Å². The Morgan fingerprint density at radius 3 is 2.53 bits per heavy atom. The van der Waals surface area contributed by atoms with Gasteiger partial charge in [-0.2, -0.15) is 0 Å².